The average molecular weight is 555 g/mol. The Morgan fingerprint density at radius 3 is 2.28 bits per heavy atom. The summed E-state index contributed by atoms with van der Waals surface area (Å²) in [6, 6.07) is 11.4. The smallest absolute Gasteiger partial charge is 0.244 e. The van der Waals surface area contributed by atoms with Crippen molar-refractivity contribution in [3.63, 3.8) is 0 Å². The van der Waals surface area contributed by atoms with Crippen molar-refractivity contribution >= 4 is 50.7 Å². The SMILES string of the molecule is CCC(C(=O)NC1CCCC1)N(Cc1cccc(C)c1)C(=O)CN(c1cc(Cl)cc(Cl)c1)S(C)(=O)=O. The minimum Gasteiger partial charge on any atom is -0.352 e. The van der Waals surface area contributed by atoms with Crippen molar-refractivity contribution in [2.45, 2.75) is 64.6 Å². The van der Waals surface area contributed by atoms with Gasteiger partial charge in [-0.05, 0) is 49.9 Å². The maximum Gasteiger partial charge on any atom is 0.244 e. The molecule has 0 bridgehead atoms. The number of carbonyl (C=O) groups excluding carboxylic acids is 2. The van der Waals surface area contributed by atoms with Crippen molar-refractivity contribution in [3.8, 4) is 0 Å². The minimum absolute atomic E-state index is 0.101. The Kier molecular flexibility index (Phi) is 9.66. The summed E-state index contributed by atoms with van der Waals surface area (Å²) in [5, 5.41) is 3.59. The van der Waals surface area contributed by atoms with E-state index in [1.54, 1.807) is 0 Å². The van der Waals surface area contributed by atoms with Gasteiger partial charge < -0.3 is 10.2 Å². The molecule has 0 radical (unpaired) electrons. The molecule has 2 aromatic carbocycles. The zero-order valence-electron chi connectivity index (χ0n) is 20.8. The van der Waals surface area contributed by atoms with Crippen LogP contribution >= 0.6 is 23.2 Å². The molecule has 1 saturated carbocycles. The highest BCUT2D eigenvalue weighted by Crippen LogP contribution is 2.27. The number of nitrogens with zero attached hydrogens (tertiary/aromatic N) is 2. The van der Waals surface area contributed by atoms with Crippen LogP contribution in [0.25, 0.3) is 0 Å². The maximum atomic E-state index is 13.7. The Labute approximate surface area is 223 Å². The van der Waals surface area contributed by atoms with Crippen LogP contribution in [0.2, 0.25) is 10.0 Å². The first kappa shape index (κ1) is 28.3. The van der Waals surface area contributed by atoms with E-state index < -0.39 is 28.5 Å². The van der Waals surface area contributed by atoms with E-state index in [1.165, 1.54) is 23.1 Å². The highest BCUT2D eigenvalue weighted by atomic mass is 35.5. The molecule has 36 heavy (non-hydrogen) atoms. The Bertz CT molecular complexity index is 1180. The second-order valence-corrected chi connectivity index (χ2v) is 12.1. The number of halogens is 2. The number of aryl methyl sites for hydroxylation is 1. The van der Waals surface area contributed by atoms with E-state index in [0.29, 0.717) is 6.42 Å². The van der Waals surface area contributed by atoms with Crippen LogP contribution in [-0.4, -0.2) is 50.0 Å². The topological polar surface area (TPSA) is 86.8 Å². The van der Waals surface area contributed by atoms with Gasteiger partial charge in [-0.15, -0.1) is 0 Å². The Balaban J connectivity index is 1.94. The molecule has 1 N–H and O–H groups in total. The fourth-order valence-electron chi connectivity index (χ4n) is 4.59. The van der Waals surface area contributed by atoms with E-state index >= 15 is 0 Å². The predicted octanol–water partition coefficient (Wildman–Crippen LogP) is 4.93. The summed E-state index contributed by atoms with van der Waals surface area (Å²) in [7, 11) is -3.86. The van der Waals surface area contributed by atoms with Crippen LogP contribution in [0.1, 0.15) is 50.2 Å². The van der Waals surface area contributed by atoms with Gasteiger partial charge in [0, 0.05) is 22.6 Å². The van der Waals surface area contributed by atoms with Gasteiger partial charge in [-0.2, -0.15) is 0 Å². The lowest BCUT2D eigenvalue weighted by atomic mass is 10.1. The summed E-state index contributed by atoms with van der Waals surface area (Å²) in [5.41, 5.74) is 2.06. The van der Waals surface area contributed by atoms with Gasteiger partial charge in [-0.1, -0.05) is 72.8 Å². The molecule has 0 aromatic heterocycles. The standard InChI is InChI=1S/C26H33Cl2N3O4S/c1-4-24(26(33)29-22-10-5-6-11-22)30(16-19-9-7-8-18(2)12-19)25(32)17-31(36(3,34)35)23-14-20(27)13-21(28)15-23/h7-9,12-15,22,24H,4-6,10-11,16-17H2,1-3H3,(H,29,33). The number of nitrogens with one attached hydrogen (secondary N) is 1. The Morgan fingerprint density at radius 1 is 1.08 bits per heavy atom. The van der Waals surface area contributed by atoms with Gasteiger partial charge in [0.1, 0.15) is 12.6 Å². The van der Waals surface area contributed by atoms with Gasteiger partial charge in [-0.25, -0.2) is 8.42 Å². The Morgan fingerprint density at radius 2 is 1.72 bits per heavy atom. The third-order valence-corrected chi connectivity index (χ3v) is 7.91. The van der Waals surface area contributed by atoms with Crippen LogP contribution in [0.15, 0.2) is 42.5 Å². The summed E-state index contributed by atoms with van der Waals surface area (Å²) in [4.78, 5) is 28.5. The number of sulfonamides is 1. The molecule has 2 aromatic rings. The number of carbonyl (C=O) groups is 2. The van der Waals surface area contributed by atoms with Gasteiger partial charge >= 0.3 is 0 Å². The van der Waals surface area contributed by atoms with Gasteiger partial charge in [0.25, 0.3) is 0 Å². The number of benzene rings is 2. The fraction of sp³-hybridized carbons (Fsp3) is 0.462. The maximum absolute atomic E-state index is 13.7. The third-order valence-electron chi connectivity index (χ3n) is 6.34. The van der Waals surface area contributed by atoms with E-state index in [1.807, 2.05) is 38.1 Å². The van der Waals surface area contributed by atoms with Crippen LogP contribution < -0.4 is 9.62 Å². The van der Waals surface area contributed by atoms with Crippen LogP contribution in [-0.2, 0) is 26.2 Å². The number of anilines is 1. The number of hydrogen-bond donors (Lipinski definition) is 1. The molecule has 2 amide bonds. The molecule has 1 fully saturated rings. The first-order chi connectivity index (χ1) is 17.0. The molecular weight excluding hydrogens is 521 g/mol. The quantitative estimate of drug-likeness (QED) is 0.451. The van der Waals surface area contributed by atoms with Crippen molar-refractivity contribution in [1.29, 1.82) is 0 Å². The van der Waals surface area contributed by atoms with Crippen molar-refractivity contribution in [2.24, 2.45) is 0 Å². The minimum atomic E-state index is -3.86. The summed E-state index contributed by atoms with van der Waals surface area (Å²) in [6.07, 6.45) is 5.39. The van der Waals surface area contributed by atoms with Crippen LogP contribution in [0.3, 0.4) is 0 Å². The molecule has 7 nitrogen and oxygen atoms in total. The lowest BCUT2D eigenvalue weighted by Crippen LogP contribution is -2.53. The summed E-state index contributed by atoms with van der Waals surface area (Å²) >= 11 is 12.2. The first-order valence-electron chi connectivity index (χ1n) is 12.1. The summed E-state index contributed by atoms with van der Waals surface area (Å²) < 4.78 is 26.4. The molecule has 1 atom stereocenters. The van der Waals surface area contributed by atoms with Crippen molar-refractivity contribution in [1.82, 2.24) is 10.2 Å². The fourth-order valence-corrected chi connectivity index (χ4v) is 5.94. The lowest BCUT2D eigenvalue weighted by Gasteiger charge is -2.33. The first-order valence-corrected chi connectivity index (χ1v) is 14.7. The molecule has 0 saturated heterocycles. The van der Waals surface area contributed by atoms with E-state index in [2.05, 4.69) is 5.32 Å². The molecular formula is C26H33Cl2N3O4S. The molecule has 0 heterocycles. The molecule has 3 rings (SSSR count). The van der Waals surface area contributed by atoms with Gasteiger partial charge in [0.2, 0.25) is 21.8 Å². The highest BCUT2D eigenvalue weighted by molar-refractivity contribution is 7.92. The summed E-state index contributed by atoms with van der Waals surface area (Å²) in [5.74, 6) is -0.714. The number of amides is 2. The van der Waals surface area contributed by atoms with Gasteiger partial charge in [0.15, 0.2) is 0 Å². The van der Waals surface area contributed by atoms with Gasteiger partial charge in [-0.3, -0.25) is 13.9 Å². The van der Waals surface area contributed by atoms with Crippen molar-refractivity contribution in [2.75, 3.05) is 17.1 Å². The highest BCUT2D eigenvalue weighted by Gasteiger charge is 2.33. The van der Waals surface area contributed by atoms with E-state index in [0.717, 1.165) is 47.4 Å². The average Bonchev–Trinajstić information content (AvgIpc) is 3.28. The van der Waals surface area contributed by atoms with Crippen molar-refractivity contribution < 1.29 is 18.0 Å². The molecule has 196 valence electrons. The molecule has 1 aliphatic rings. The monoisotopic (exact) mass is 553 g/mol. The molecule has 10 heteroatoms. The van der Waals surface area contributed by atoms with Crippen LogP contribution in [0, 0.1) is 6.92 Å². The molecule has 1 unspecified atom stereocenters. The number of hydrogen-bond acceptors (Lipinski definition) is 4. The third kappa shape index (κ3) is 7.60. The number of rotatable bonds is 10. The van der Waals surface area contributed by atoms with E-state index in [-0.39, 0.29) is 34.2 Å². The summed E-state index contributed by atoms with van der Waals surface area (Å²) in [6.45, 7) is 3.48. The zero-order chi connectivity index (χ0) is 26.5. The lowest BCUT2D eigenvalue weighted by molar-refractivity contribution is -0.140. The molecule has 0 spiro atoms. The van der Waals surface area contributed by atoms with Crippen LogP contribution in [0.5, 0.6) is 0 Å². The molecule has 1 aliphatic carbocycles. The van der Waals surface area contributed by atoms with E-state index in [9.17, 15) is 18.0 Å². The zero-order valence-corrected chi connectivity index (χ0v) is 23.2. The van der Waals surface area contributed by atoms with Gasteiger partial charge in [0.05, 0.1) is 11.9 Å². The van der Waals surface area contributed by atoms with Crippen molar-refractivity contribution in [3.05, 3.63) is 63.6 Å². The van der Waals surface area contributed by atoms with E-state index in [4.69, 9.17) is 23.2 Å². The second-order valence-electron chi connectivity index (χ2n) is 9.32. The second kappa shape index (κ2) is 12.3. The van der Waals surface area contributed by atoms with Crippen LogP contribution in [0.4, 0.5) is 5.69 Å². The predicted molar refractivity (Wildman–Crippen MR) is 145 cm³/mol. The largest absolute Gasteiger partial charge is 0.352 e. The normalized spacial score (nSPS) is 14.9. The Hall–Kier alpha value is -2.29. The molecule has 0 aliphatic heterocycles.